The number of piperidine rings is 1. The van der Waals surface area contributed by atoms with Gasteiger partial charge in [-0.3, -0.25) is 9.59 Å². The second-order valence-electron chi connectivity index (χ2n) is 4.55. The molecule has 2 rings (SSSR count). The van der Waals surface area contributed by atoms with E-state index >= 15 is 0 Å². The third-order valence-electron chi connectivity index (χ3n) is 3.23. The molecule has 1 aromatic rings. The Balaban J connectivity index is 1.86. The minimum Gasteiger partial charge on any atom is -0.343 e. The van der Waals surface area contributed by atoms with E-state index in [0.717, 1.165) is 5.69 Å². The fraction of sp³-hybridized carbons (Fsp3) is 0.583. The number of nitrogens with one attached hydrogen (secondary N) is 1. The lowest BCUT2D eigenvalue weighted by molar-refractivity contribution is -0.132. The molecule has 0 aliphatic carbocycles. The van der Waals surface area contributed by atoms with Gasteiger partial charge in [0.1, 0.15) is 0 Å². The maximum atomic E-state index is 12.1. The van der Waals surface area contributed by atoms with Crippen LogP contribution in [0.4, 0.5) is 5.13 Å². The first-order valence-corrected chi connectivity index (χ1v) is 7.58. The van der Waals surface area contributed by atoms with Gasteiger partial charge in [0, 0.05) is 31.3 Å². The van der Waals surface area contributed by atoms with E-state index in [1.807, 2.05) is 5.38 Å². The van der Waals surface area contributed by atoms with E-state index in [-0.39, 0.29) is 17.7 Å². The Morgan fingerprint density at radius 1 is 1.53 bits per heavy atom. The number of halogens is 1. The number of carbonyl (C=O) groups is 2. The number of hydrogen-bond donors (Lipinski definition) is 1. The van der Waals surface area contributed by atoms with E-state index in [1.165, 1.54) is 11.3 Å². The van der Waals surface area contributed by atoms with Crippen LogP contribution in [0.3, 0.4) is 0 Å². The lowest BCUT2D eigenvalue weighted by Gasteiger charge is -2.30. The number of nitrogens with zero attached hydrogens (tertiary/aromatic N) is 2. The first-order chi connectivity index (χ1) is 9.10. The lowest BCUT2D eigenvalue weighted by Crippen LogP contribution is -2.40. The molecule has 0 spiro atoms. The van der Waals surface area contributed by atoms with Gasteiger partial charge < -0.3 is 10.2 Å². The van der Waals surface area contributed by atoms with Crippen molar-refractivity contribution in [2.24, 2.45) is 5.92 Å². The Morgan fingerprint density at radius 3 is 2.74 bits per heavy atom. The van der Waals surface area contributed by atoms with Crippen LogP contribution in [0, 0.1) is 5.92 Å². The number of alkyl halides is 1. The van der Waals surface area contributed by atoms with Gasteiger partial charge in [-0.1, -0.05) is 0 Å². The molecule has 0 unspecified atom stereocenters. The van der Waals surface area contributed by atoms with Crippen LogP contribution >= 0.6 is 22.9 Å². The molecule has 1 fully saturated rings. The summed E-state index contributed by atoms with van der Waals surface area (Å²) < 4.78 is 0. The molecule has 19 heavy (non-hydrogen) atoms. The van der Waals surface area contributed by atoms with Crippen LogP contribution < -0.4 is 5.32 Å². The molecule has 2 heterocycles. The van der Waals surface area contributed by atoms with Gasteiger partial charge in [-0.15, -0.1) is 22.9 Å². The van der Waals surface area contributed by atoms with Gasteiger partial charge in [-0.05, 0) is 12.8 Å². The highest BCUT2D eigenvalue weighted by Crippen LogP contribution is 2.21. The van der Waals surface area contributed by atoms with Gasteiger partial charge in [-0.25, -0.2) is 4.98 Å². The summed E-state index contributed by atoms with van der Waals surface area (Å²) in [4.78, 5) is 29.2. The van der Waals surface area contributed by atoms with Gasteiger partial charge >= 0.3 is 0 Å². The van der Waals surface area contributed by atoms with E-state index in [1.54, 1.807) is 11.8 Å². The fourth-order valence-electron chi connectivity index (χ4n) is 2.09. The highest BCUT2D eigenvalue weighted by Gasteiger charge is 2.26. The molecule has 1 saturated heterocycles. The second-order valence-corrected chi connectivity index (χ2v) is 5.67. The number of amides is 2. The Kier molecular flexibility index (Phi) is 4.76. The predicted octanol–water partition coefficient (Wildman–Crippen LogP) is 2.08. The van der Waals surface area contributed by atoms with Crippen LogP contribution in [0.2, 0.25) is 0 Å². The topological polar surface area (TPSA) is 62.3 Å². The lowest BCUT2D eigenvalue weighted by atomic mass is 9.96. The molecular weight excluding hydrogens is 286 g/mol. The summed E-state index contributed by atoms with van der Waals surface area (Å²) in [5, 5.41) is 5.24. The average molecular weight is 302 g/mol. The van der Waals surface area contributed by atoms with Crippen LogP contribution in [0.1, 0.15) is 25.5 Å². The quantitative estimate of drug-likeness (QED) is 0.870. The molecule has 2 amide bonds. The van der Waals surface area contributed by atoms with Crippen molar-refractivity contribution in [3.8, 4) is 0 Å². The summed E-state index contributed by atoms with van der Waals surface area (Å²) in [6.45, 7) is 2.86. The maximum Gasteiger partial charge on any atom is 0.229 e. The molecule has 5 nitrogen and oxygen atoms in total. The van der Waals surface area contributed by atoms with Crippen molar-refractivity contribution >= 4 is 39.9 Å². The summed E-state index contributed by atoms with van der Waals surface area (Å²) in [6, 6.07) is 0. The fourth-order valence-corrected chi connectivity index (χ4v) is 3.03. The van der Waals surface area contributed by atoms with Crippen molar-refractivity contribution in [3.05, 3.63) is 11.1 Å². The molecule has 1 aromatic heterocycles. The first-order valence-electron chi connectivity index (χ1n) is 6.17. The van der Waals surface area contributed by atoms with E-state index in [9.17, 15) is 9.59 Å². The van der Waals surface area contributed by atoms with Crippen LogP contribution in [0.25, 0.3) is 0 Å². The Morgan fingerprint density at radius 2 is 2.21 bits per heavy atom. The number of hydrogen-bond acceptors (Lipinski definition) is 4. The number of thiazole rings is 1. The monoisotopic (exact) mass is 301 g/mol. The summed E-state index contributed by atoms with van der Waals surface area (Å²) in [5.41, 5.74) is 0.772. The van der Waals surface area contributed by atoms with Crippen LogP contribution in [-0.2, 0) is 15.5 Å². The van der Waals surface area contributed by atoms with Gasteiger partial charge in [0.05, 0.1) is 11.6 Å². The standard InChI is InChI=1S/C12H16ClN3O2S/c1-8(17)16-4-2-9(3-5-16)11(18)15-12-14-10(6-13)7-19-12/h7,9H,2-6H2,1H3,(H,14,15,18). The number of rotatable bonds is 3. The number of anilines is 1. The summed E-state index contributed by atoms with van der Waals surface area (Å²) >= 11 is 7.05. The highest BCUT2D eigenvalue weighted by atomic mass is 35.5. The summed E-state index contributed by atoms with van der Waals surface area (Å²) in [6.07, 6.45) is 1.41. The number of aromatic nitrogens is 1. The normalized spacial score (nSPS) is 16.4. The third-order valence-corrected chi connectivity index (χ3v) is 4.31. The summed E-state index contributed by atoms with van der Waals surface area (Å²) in [5.74, 6) is 0.367. The zero-order valence-corrected chi connectivity index (χ0v) is 12.3. The van der Waals surface area contributed by atoms with Gasteiger partial charge in [0.2, 0.25) is 11.8 Å². The van der Waals surface area contributed by atoms with Crippen LogP contribution in [-0.4, -0.2) is 34.8 Å². The van der Waals surface area contributed by atoms with E-state index in [2.05, 4.69) is 10.3 Å². The smallest absolute Gasteiger partial charge is 0.229 e. The van der Waals surface area contributed by atoms with Crippen molar-refractivity contribution in [3.63, 3.8) is 0 Å². The third kappa shape index (κ3) is 3.67. The molecule has 1 aliphatic rings. The van der Waals surface area contributed by atoms with Crippen molar-refractivity contribution in [1.29, 1.82) is 0 Å². The summed E-state index contributed by atoms with van der Waals surface area (Å²) in [7, 11) is 0. The van der Waals surface area contributed by atoms with Crippen LogP contribution in [0.15, 0.2) is 5.38 Å². The number of carbonyl (C=O) groups excluding carboxylic acids is 2. The molecule has 1 aliphatic heterocycles. The van der Waals surface area contributed by atoms with Gasteiger partial charge in [0.15, 0.2) is 5.13 Å². The van der Waals surface area contributed by atoms with E-state index < -0.39 is 0 Å². The molecule has 0 atom stereocenters. The molecule has 0 bridgehead atoms. The van der Waals surface area contributed by atoms with Crippen molar-refractivity contribution < 1.29 is 9.59 Å². The first kappa shape index (κ1) is 14.3. The zero-order chi connectivity index (χ0) is 13.8. The molecular formula is C12H16ClN3O2S. The largest absolute Gasteiger partial charge is 0.343 e. The Bertz CT molecular complexity index is 469. The van der Waals surface area contributed by atoms with Crippen molar-refractivity contribution in [1.82, 2.24) is 9.88 Å². The minimum absolute atomic E-state index is 0.0151. The predicted molar refractivity (Wildman–Crippen MR) is 75.3 cm³/mol. The van der Waals surface area contributed by atoms with Crippen molar-refractivity contribution in [2.45, 2.75) is 25.6 Å². The Labute approximate surface area is 121 Å². The highest BCUT2D eigenvalue weighted by molar-refractivity contribution is 7.13. The zero-order valence-electron chi connectivity index (χ0n) is 10.7. The van der Waals surface area contributed by atoms with Gasteiger partial charge in [-0.2, -0.15) is 0 Å². The molecule has 0 radical (unpaired) electrons. The molecule has 104 valence electrons. The SMILES string of the molecule is CC(=O)N1CCC(C(=O)Nc2nc(CCl)cs2)CC1. The second kappa shape index (κ2) is 6.34. The van der Waals surface area contributed by atoms with Gasteiger partial charge in [0.25, 0.3) is 0 Å². The number of likely N-dealkylation sites (tertiary alicyclic amines) is 1. The molecule has 1 N–H and O–H groups in total. The van der Waals surface area contributed by atoms with Crippen LogP contribution in [0.5, 0.6) is 0 Å². The Hall–Kier alpha value is -1.14. The van der Waals surface area contributed by atoms with E-state index in [0.29, 0.717) is 36.9 Å². The molecule has 0 aromatic carbocycles. The molecule has 7 heteroatoms. The maximum absolute atomic E-state index is 12.1. The van der Waals surface area contributed by atoms with E-state index in [4.69, 9.17) is 11.6 Å². The average Bonchev–Trinajstić information content (AvgIpc) is 2.86. The molecule has 0 saturated carbocycles. The van der Waals surface area contributed by atoms with Crippen molar-refractivity contribution in [2.75, 3.05) is 18.4 Å². The minimum atomic E-state index is -0.0426.